The Morgan fingerprint density at radius 3 is 2.37 bits per heavy atom. The molecule has 1 aliphatic heterocycles. The molecule has 9 heteroatoms. The second-order valence-electron chi connectivity index (χ2n) is 6.84. The summed E-state index contributed by atoms with van der Waals surface area (Å²) in [6, 6.07) is 14.0. The summed E-state index contributed by atoms with van der Waals surface area (Å²) in [7, 11) is -3.54. The molecule has 0 bridgehead atoms. The van der Waals surface area contributed by atoms with Crippen LogP contribution in [0.15, 0.2) is 58.3 Å². The summed E-state index contributed by atoms with van der Waals surface area (Å²) in [4.78, 5) is 13.6. The average molecular weight is 451 g/mol. The highest BCUT2D eigenvalue weighted by atomic mass is 32.2. The number of carbonyl (C=O) groups excluding carboxylic acids is 1. The van der Waals surface area contributed by atoms with Crippen molar-refractivity contribution in [3.05, 3.63) is 54.1 Å². The Morgan fingerprint density at radius 2 is 1.77 bits per heavy atom. The van der Waals surface area contributed by atoms with Gasteiger partial charge in [-0.15, -0.1) is 11.8 Å². The van der Waals surface area contributed by atoms with Crippen molar-refractivity contribution in [2.24, 2.45) is 0 Å². The van der Waals surface area contributed by atoms with Gasteiger partial charge in [-0.3, -0.25) is 4.79 Å². The van der Waals surface area contributed by atoms with E-state index in [9.17, 15) is 13.2 Å². The van der Waals surface area contributed by atoms with Gasteiger partial charge in [0.1, 0.15) is 5.75 Å². The molecule has 7 nitrogen and oxygen atoms in total. The summed E-state index contributed by atoms with van der Waals surface area (Å²) in [5, 5.41) is 2.90. The molecule has 1 heterocycles. The zero-order valence-electron chi connectivity index (χ0n) is 17.0. The van der Waals surface area contributed by atoms with E-state index >= 15 is 0 Å². The van der Waals surface area contributed by atoms with Gasteiger partial charge < -0.3 is 14.8 Å². The van der Waals surface area contributed by atoms with Crippen LogP contribution in [0.1, 0.15) is 18.5 Å². The molecule has 30 heavy (non-hydrogen) atoms. The zero-order chi connectivity index (χ0) is 21.6. The molecule has 1 fully saturated rings. The van der Waals surface area contributed by atoms with Gasteiger partial charge >= 0.3 is 0 Å². The predicted molar refractivity (Wildman–Crippen MR) is 116 cm³/mol. The summed E-state index contributed by atoms with van der Waals surface area (Å²) in [6.45, 7) is 3.25. The van der Waals surface area contributed by atoms with Gasteiger partial charge in [0.15, 0.2) is 6.61 Å². The Hall–Kier alpha value is -2.07. The number of ether oxygens (including phenoxy) is 2. The molecule has 2 aromatic carbocycles. The highest BCUT2D eigenvalue weighted by Crippen LogP contribution is 2.21. The van der Waals surface area contributed by atoms with Crippen molar-refractivity contribution >= 4 is 27.7 Å². The van der Waals surface area contributed by atoms with Gasteiger partial charge in [-0.1, -0.05) is 12.1 Å². The van der Waals surface area contributed by atoms with Crippen LogP contribution in [0.2, 0.25) is 0 Å². The number of thioether (sulfide) groups is 1. The fraction of sp³-hybridized carbons (Fsp3) is 0.381. The van der Waals surface area contributed by atoms with Crippen LogP contribution in [0.4, 0.5) is 0 Å². The van der Waals surface area contributed by atoms with Crippen LogP contribution in [0.25, 0.3) is 0 Å². The molecule has 0 saturated carbocycles. The van der Waals surface area contributed by atoms with Crippen LogP contribution in [0.5, 0.6) is 5.75 Å². The molecule has 1 saturated heterocycles. The van der Waals surface area contributed by atoms with Crippen LogP contribution < -0.4 is 10.1 Å². The summed E-state index contributed by atoms with van der Waals surface area (Å²) in [5.74, 6) is 0.185. The minimum Gasteiger partial charge on any atom is -0.484 e. The summed E-state index contributed by atoms with van der Waals surface area (Å²) in [6.07, 6.45) is 2.02. The Labute approximate surface area is 181 Å². The van der Waals surface area contributed by atoms with E-state index in [0.29, 0.717) is 32.1 Å². The third-order valence-electron chi connectivity index (χ3n) is 4.79. The molecule has 3 rings (SSSR count). The normalized spacial score (nSPS) is 16.1. The number of hydrogen-bond acceptors (Lipinski definition) is 6. The number of hydrogen-bond donors (Lipinski definition) is 1. The number of nitrogens with one attached hydrogen (secondary N) is 1. The van der Waals surface area contributed by atoms with Crippen LogP contribution in [0, 0.1) is 0 Å². The van der Waals surface area contributed by atoms with E-state index in [1.807, 2.05) is 37.4 Å². The molecule has 162 valence electrons. The van der Waals surface area contributed by atoms with E-state index in [1.54, 1.807) is 23.9 Å². The van der Waals surface area contributed by atoms with Crippen molar-refractivity contribution in [3.63, 3.8) is 0 Å². The smallest absolute Gasteiger partial charge is 0.258 e. The van der Waals surface area contributed by atoms with Crippen LogP contribution in [0.3, 0.4) is 0 Å². The second-order valence-corrected chi connectivity index (χ2v) is 9.66. The summed E-state index contributed by atoms with van der Waals surface area (Å²) < 4.78 is 37.4. The lowest BCUT2D eigenvalue weighted by atomic mass is 10.1. The van der Waals surface area contributed by atoms with Crippen LogP contribution >= 0.6 is 11.8 Å². The molecule has 1 aliphatic rings. The molecular weight excluding hydrogens is 424 g/mol. The topological polar surface area (TPSA) is 84.9 Å². The lowest BCUT2D eigenvalue weighted by molar-refractivity contribution is -0.123. The van der Waals surface area contributed by atoms with Gasteiger partial charge in [0.05, 0.1) is 24.2 Å². The Morgan fingerprint density at radius 1 is 1.13 bits per heavy atom. The highest BCUT2D eigenvalue weighted by molar-refractivity contribution is 7.98. The fourth-order valence-electron chi connectivity index (χ4n) is 3.05. The first-order valence-corrected chi connectivity index (χ1v) is 12.3. The maximum absolute atomic E-state index is 12.6. The predicted octanol–water partition coefficient (Wildman–Crippen LogP) is 2.69. The maximum atomic E-state index is 12.6. The summed E-state index contributed by atoms with van der Waals surface area (Å²) >= 11 is 1.67. The van der Waals surface area contributed by atoms with Gasteiger partial charge in [0.25, 0.3) is 5.91 Å². The van der Waals surface area contributed by atoms with E-state index in [2.05, 4.69) is 5.32 Å². The van der Waals surface area contributed by atoms with Crippen molar-refractivity contribution < 1.29 is 22.7 Å². The van der Waals surface area contributed by atoms with E-state index in [1.165, 1.54) is 21.3 Å². The first-order valence-electron chi connectivity index (χ1n) is 9.64. The van der Waals surface area contributed by atoms with Gasteiger partial charge in [0.2, 0.25) is 10.0 Å². The molecule has 1 unspecified atom stereocenters. The second kappa shape index (κ2) is 10.3. The first kappa shape index (κ1) is 22.6. The molecule has 0 radical (unpaired) electrons. The standard InChI is InChI=1S/C21H26N2O5S2/c1-16(17-3-7-19(29-2)8-4-17)22-21(24)15-28-18-5-9-20(10-6-18)30(25,26)23-11-13-27-14-12-23/h3-10,16H,11-15H2,1-2H3,(H,22,24). The highest BCUT2D eigenvalue weighted by Gasteiger charge is 2.26. The average Bonchev–Trinajstić information content (AvgIpc) is 2.78. The number of sulfonamides is 1. The van der Waals surface area contributed by atoms with Crippen LogP contribution in [-0.2, 0) is 19.6 Å². The van der Waals surface area contributed by atoms with Crippen molar-refractivity contribution in [1.82, 2.24) is 9.62 Å². The molecule has 1 N–H and O–H groups in total. The third kappa shape index (κ3) is 5.75. The summed E-state index contributed by atoms with van der Waals surface area (Å²) in [5.41, 5.74) is 1.01. The lowest BCUT2D eigenvalue weighted by Gasteiger charge is -2.26. The number of rotatable bonds is 8. The monoisotopic (exact) mass is 450 g/mol. The molecule has 0 spiro atoms. The van der Waals surface area contributed by atoms with Crippen molar-refractivity contribution in [1.29, 1.82) is 0 Å². The molecule has 1 amide bonds. The number of nitrogens with zero attached hydrogens (tertiary/aromatic N) is 1. The molecule has 0 aliphatic carbocycles. The Bertz CT molecular complexity index is 940. The maximum Gasteiger partial charge on any atom is 0.258 e. The number of benzene rings is 2. The van der Waals surface area contributed by atoms with Gasteiger partial charge in [-0.2, -0.15) is 4.31 Å². The number of carbonyl (C=O) groups is 1. The lowest BCUT2D eigenvalue weighted by Crippen LogP contribution is -2.40. The van der Waals surface area contributed by atoms with Gasteiger partial charge in [-0.05, 0) is 55.1 Å². The Kier molecular flexibility index (Phi) is 7.76. The largest absolute Gasteiger partial charge is 0.484 e. The minimum absolute atomic E-state index is 0.141. The molecule has 1 atom stereocenters. The van der Waals surface area contributed by atoms with Crippen LogP contribution in [-0.4, -0.2) is 57.8 Å². The number of morpholine rings is 1. The third-order valence-corrected chi connectivity index (χ3v) is 7.45. The number of amides is 1. The first-order chi connectivity index (χ1) is 14.4. The van der Waals surface area contributed by atoms with Crippen molar-refractivity contribution in [2.75, 3.05) is 39.2 Å². The quantitative estimate of drug-likeness (QED) is 0.623. The van der Waals surface area contributed by atoms with Gasteiger partial charge in [-0.25, -0.2) is 8.42 Å². The minimum atomic E-state index is -3.54. The zero-order valence-corrected chi connectivity index (χ0v) is 18.7. The van der Waals surface area contributed by atoms with Crippen molar-refractivity contribution in [3.8, 4) is 5.75 Å². The van der Waals surface area contributed by atoms with E-state index < -0.39 is 10.0 Å². The molecular formula is C21H26N2O5S2. The Balaban J connectivity index is 1.52. The van der Waals surface area contributed by atoms with Gasteiger partial charge in [0, 0.05) is 18.0 Å². The molecule has 0 aromatic heterocycles. The van der Waals surface area contributed by atoms with E-state index in [-0.39, 0.29) is 23.5 Å². The van der Waals surface area contributed by atoms with E-state index in [4.69, 9.17) is 9.47 Å². The van der Waals surface area contributed by atoms with Crippen molar-refractivity contribution in [2.45, 2.75) is 22.8 Å². The SMILES string of the molecule is CSc1ccc(C(C)NC(=O)COc2ccc(S(=O)(=O)N3CCOCC3)cc2)cc1. The molecule has 2 aromatic rings. The fourth-order valence-corrected chi connectivity index (χ4v) is 4.87. The van der Waals surface area contributed by atoms with E-state index in [0.717, 1.165) is 5.56 Å².